The Morgan fingerprint density at radius 3 is 1.86 bits per heavy atom. The Morgan fingerprint density at radius 1 is 0.857 bits per heavy atom. The molecule has 1 rings (SSSR count). The summed E-state index contributed by atoms with van der Waals surface area (Å²) in [5.74, 6) is 0. The second-order valence-corrected chi connectivity index (χ2v) is 6.49. The lowest BCUT2D eigenvalue weighted by Gasteiger charge is -2.24. The van der Waals surface area contributed by atoms with E-state index in [1.165, 1.54) is 62.5 Å². The highest BCUT2D eigenvalue weighted by molar-refractivity contribution is 5.23. The summed E-state index contributed by atoms with van der Waals surface area (Å²) in [6, 6.07) is 10.1. The maximum atomic E-state index is 3.87. The average molecular weight is 290 g/mol. The number of hydrogen-bond acceptors (Lipinski definition) is 1. The molecule has 0 saturated heterocycles. The fourth-order valence-corrected chi connectivity index (χ4v) is 2.90. The van der Waals surface area contributed by atoms with Gasteiger partial charge in [0.2, 0.25) is 0 Å². The van der Waals surface area contributed by atoms with E-state index in [0.29, 0.717) is 12.1 Å². The van der Waals surface area contributed by atoms with Crippen LogP contribution in [0.5, 0.6) is 0 Å². The normalized spacial score (nSPS) is 12.8. The predicted molar refractivity (Wildman–Crippen MR) is 94.8 cm³/mol. The van der Waals surface area contributed by atoms with Gasteiger partial charge in [-0.2, -0.15) is 0 Å². The minimum atomic E-state index is 0.457. The van der Waals surface area contributed by atoms with Crippen LogP contribution in [0.2, 0.25) is 0 Å². The van der Waals surface area contributed by atoms with Crippen molar-refractivity contribution in [1.82, 2.24) is 5.32 Å². The first-order chi connectivity index (χ1) is 10.2. The van der Waals surface area contributed by atoms with Gasteiger partial charge in [-0.15, -0.1) is 0 Å². The Hall–Kier alpha value is -0.820. The van der Waals surface area contributed by atoms with Crippen LogP contribution in [0.15, 0.2) is 24.3 Å². The van der Waals surface area contributed by atoms with Crippen molar-refractivity contribution in [3.8, 4) is 0 Å². The molecule has 0 spiro atoms. The van der Waals surface area contributed by atoms with Gasteiger partial charge in [0.15, 0.2) is 0 Å². The summed E-state index contributed by atoms with van der Waals surface area (Å²) in [6.07, 6.45) is 10.7. The lowest BCUT2D eigenvalue weighted by molar-refractivity contribution is 0.384. The molecule has 0 aromatic heterocycles. The van der Waals surface area contributed by atoms with Crippen molar-refractivity contribution in [2.75, 3.05) is 0 Å². The molecule has 0 radical (unpaired) electrons. The van der Waals surface area contributed by atoms with Gasteiger partial charge in [0.05, 0.1) is 0 Å². The molecule has 0 unspecified atom stereocenters. The first kappa shape index (κ1) is 18.2. The topological polar surface area (TPSA) is 12.0 Å². The molecule has 1 aromatic rings. The van der Waals surface area contributed by atoms with Gasteiger partial charge in [-0.3, -0.25) is 0 Å². The van der Waals surface area contributed by atoms with E-state index in [1.807, 2.05) is 0 Å². The van der Waals surface area contributed by atoms with Gasteiger partial charge in [-0.25, -0.2) is 0 Å². The summed E-state index contributed by atoms with van der Waals surface area (Å²) < 4.78 is 0. The molecule has 120 valence electrons. The number of aryl methyl sites for hydroxylation is 1. The summed E-state index contributed by atoms with van der Waals surface area (Å²) in [5, 5.41) is 3.87. The van der Waals surface area contributed by atoms with E-state index >= 15 is 0 Å². The van der Waals surface area contributed by atoms with Crippen LogP contribution in [0.1, 0.15) is 89.3 Å². The Balaban J connectivity index is 2.49. The van der Waals surface area contributed by atoms with Crippen LogP contribution < -0.4 is 5.32 Å². The number of hydrogen-bond donors (Lipinski definition) is 1. The molecule has 0 amide bonds. The van der Waals surface area contributed by atoms with Gasteiger partial charge in [0.25, 0.3) is 0 Å². The molecule has 0 fully saturated rings. The summed E-state index contributed by atoms with van der Waals surface area (Å²) in [4.78, 5) is 0. The summed E-state index contributed by atoms with van der Waals surface area (Å²) >= 11 is 0. The van der Waals surface area contributed by atoms with Crippen molar-refractivity contribution in [3.63, 3.8) is 0 Å². The minimum absolute atomic E-state index is 0.457. The van der Waals surface area contributed by atoms with Crippen molar-refractivity contribution < 1.29 is 0 Å². The molecule has 0 bridgehead atoms. The third kappa shape index (κ3) is 7.66. The van der Waals surface area contributed by atoms with Crippen molar-refractivity contribution in [3.05, 3.63) is 35.4 Å². The first-order valence-electron chi connectivity index (χ1n) is 9.00. The van der Waals surface area contributed by atoms with E-state index < -0.39 is 0 Å². The Bertz CT molecular complexity index is 345. The third-order valence-corrected chi connectivity index (χ3v) is 4.38. The van der Waals surface area contributed by atoms with Gasteiger partial charge in [0.1, 0.15) is 0 Å². The van der Waals surface area contributed by atoms with Crippen molar-refractivity contribution in [2.45, 2.75) is 91.1 Å². The highest BCUT2D eigenvalue weighted by Gasteiger charge is 2.13. The highest BCUT2D eigenvalue weighted by Crippen LogP contribution is 2.18. The molecule has 0 saturated carbocycles. The molecule has 0 aliphatic rings. The number of benzene rings is 1. The smallest absolute Gasteiger partial charge is 0.0294 e. The van der Waals surface area contributed by atoms with Crippen LogP contribution >= 0.6 is 0 Å². The first-order valence-corrected chi connectivity index (χ1v) is 9.00. The largest absolute Gasteiger partial charge is 0.307 e. The fourth-order valence-electron chi connectivity index (χ4n) is 2.90. The lowest BCUT2D eigenvalue weighted by Crippen LogP contribution is -2.31. The lowest BCUT2D eigenvalue weighted by atomic mass is 9.99. The quantitative estimate of drug-likeness (QED) is 0.480. The van der Waals surface area contributed by atoms with Crippen LogP contribution in [0.25, 0.3) is 0 Å². The zero-order valence-corrected chi connectivity index (χ0v) is 14.6. The Kier molecular flexibility index (Phi) is 9.41. The van der Waals surface area contributed by atoms with Gasteiger partial charge in [-0.05, 0) is 32.3 Å². The maximum absolute atomic E-state index is 3.87. The van der Waals surface area contributed by atoms with Crippen LogP contribution in [0.4, 0.5) is 0 Å². The number of nitrogens with one attached hydrogen (secondary N) is 1. The van der Waals surface area contributed by atoms with Crippen LogP contribution in [0.3, 0.4) is 0 Å². The van der Waals surface area contributed by atoms with Crippen molar-refractivity contribution >= 4 is 0 Å². The molecule has 1 nitrogen and oxygen atoms in total. The predicted octanol–water partition coefficient (Wildman–Crippen LogP) is 6.17. The average Bonchev–Trinajstić information content (AvgIpc) is 2.48. The summed E-state index contributed by atoms with van der Waals surface area (Å²) in [7, 11) is 0. The standard InChI is InChI=1S/C20H35N/c1-5-7-9-11-20(12-10-8-6-2)21-18(4)19-15-13-17(3)14-16-19/h13-16,18,20-21H,5-12H2,1-4H3/t18-/m1/s1. The number of unbranched alkanes of at least 4 members (excludes halogenated alkanes) is 4. The van der Waals surface area contributed by atoms with Crippen molar-refractivity contribution in [1.29, 1.82) is 0 Å². The van der Waals surface area contributed by atoms with Crippen LogP contribution in [-0.2, 0) is 0 Å². The molecule has 0 heterocycles. The summed E-state index contributed by atoms with van der Waals surface area (Å²) in [6.45, 7) is 9.03. The minimum Gasteiger partial charge on any atom is -0.307 e. The van der Waals surface area contributed by atoms with E-state index in [0.717, 1.165) is 0 Å². The molecular formula is C20H35N. The zero-order valence-electron chi connectivity index (χ0n) is 14.6. The van der Waals surface area contributed by atoms with Crippen LogP contribution in [-0.4, -0.2) is 6.04 Å². The Labute approximate surface area is 132 Å². The van der Waals surface area contributed by atoms with Crippen LogP contribution in [0, 0.1) is 6.92 Å². The van der Waals surface area contributed by atoms with E-state index in [2.05, 4.69) is 57.3 Å². The van der Waals surface area contributed by atoms with Gasteiger partial charge >= 0.3 is 0 Å². The second kappa shape index (κ2) is 10.8. The maximum Gasteiger partial charge on any atom is 0.0294 e. The zero-order chi connectivity index (χ0) is 15.5. The monoisotopic (exact) mass is 289 g/mol. The number of rotatable bonds is 11. The molecule has 0 aliphatic heterocycles. The van der Waals surface area contributed by atoms with E-state index in [1.54, 1.807) is 0 Å². The molecule has 1 aromatic carbocycles. The van der Waals surface area contributed by atoms with Gasteiger partial charge in [0, 0.05) is 12.1 Å². The summed E-state index contributed by atoms with van der Waals surface area (Å²) in [5.41, 5.74) is 2.75. The van der Waals surface area contributed by atoms with E-state index in [4.69, 9.17) is 0 Å². The van der Waals surface area contributed by atoms with Crippen molar-refractivity contribution in [2.24, 2.45) is 0 Å². The molecule has 1 atom stereocenters. The van der Waals surface area contributed by atoms with E-state index in [-0.39, 0.29) is 0 Å². The molecule has 1 N–H and O–H groups in total. The molecular weight excluding hydrogens is 254 g/mol. The fraction of sp³-hybridized carbons (Fsp3) is 0.700. The van der Waals surface area contributed by atoms with Gasteiger partial charge < -0.3 is 5.32 Å². The Morgan fingerprint density at radius 2 is 1.38 bits per heavy atom. The molecule has 0 aliphatic carbocycles. The van der Waals surface area contributed by atoms with E-state index in [9.17, 15) is 0 Å². The third-order valence-electron chi connectivity index (χ3n) is 4.38. The van der Waals surface area contributed by atoms with Gasteiger partial charge in [-0.1, -0.05) is 82.2 Å². The SMILES string of the molecule is CCCCCC(CCCCC)N[C@H](C)c1ccc(C)cc1. The molecule has 1 heteroatoms. The highest BCUT2D eigenvalue weighted by atomic mass is 14.9. The molecule has 21 heavy (non-hydrogen) atoms. The second-order valence-electron chi connectivity index (χ2n) is 6.49.